The maximum absolute atomic E-state index is 10.7. The Morgan fingerprint density at radius 2 is 1.77 bits per heavy atom. The number of piperidine rings is 1. The summed E-state index contributed by atoms with van der Waals surface area (Å²) in [6.07, 6.45) is 7.80. The van der Waals surface area contributed by atoms with Gasteiger partial charge < -0.3 is 10.2 Å². The number of nitrogens with one attached hydrogen (secondary N) is 1. The van der Waals surface area contributed by atoms with Crippen molar-refractivity contribution >= 4 is 11.4 Å². The summed E-state index contributed by atoms with van der Waals surface area (Å²) in [5.74, 6) is 0.785. The van der Waals surface area contributed by atoms with Crippen LogP contribution in [0.25, 0.3) is 0 Å². The van der Waals surface area contributed by atoms with E-state index in [9.17, 15) is 10.1 Å². The van der Waals surface area contributed by atoms with E-state index in [-0.39, 0.29) is 10.6 Å². The molecule has 0 aliphatic carbocycles. The predicted molar refractivity (Wildman–Crippen MR) is 88.3 cm³/mol. The van der Waals surface area contributed by atoms with Crippen LogP contribution in [0.4, 0.5) is 11.4 Å². The molecule has 2 heterocycles. The lowest BCUT2D eigenvalue weighted by atomic mass is 9.87. The summed E-state index contributed by atoms with van der Waals surface area (Å²) < 4.78 is 0. The molecular formula is C17H25N3O2. The summed E-state index contributed by atoms with van der Waals surface area (Å²) >= 11 is 0. The lowest BCUT2D eigenvalue weighted by Crippen LogP contribution is -2.43. The van der Waals surface area contributed by atoms with Gasteiger partial charge in [-0.2, -0.15) is 0 Å². The van der Waals surface area contributed by atoms with Gasteiger partial charge in [-0.25, -0.2) is 0 Å². The molecule has 22 heavy (non-hydrogen) atoms. The van der Waals surface area contributed by atoms with Gasteiger partial charge >= 0.3 is 0 Å². The third-order valence-corrected chi connectivity index (χ3v) is 5.13. The molecule has 1 N–H and O–H groups in total. The smallest absolute Gasteiger partial charge is 0.269 e. The molecule has 2 saturated heterocycles. The lowest BCUT2D eigenvalue weighted by Gasteiger charge is -2.37. The molecule has 0 spiro atoms. The fraction of sp³-hybridized carbons (Fsp3) is 0.647. The second kappa shape index (κ2) is 7.09. The van der Waals surface area contributed by atoms with Gasteiger partial charge in [0.15, 0.2) is 0 Å². The van der Waals surface area contributed by atoms with Gasteiger partial charge in [0.05, 0.1) is 4.92 Å². The SMILES string of the molecule is O=[N+]([O-])c1ccc(N2CCC(C3CCCCCN3)CC2)cc1. The van der Waals surface area contributed by atoms with Crippen molar-refractivity contribution in [1.82, 2.24) is 5.32 Å². The fourth-order valence-corrected chi connectivity index (χ4v) is 3.80. The Hall–Kier alpha value is -1.62. The van der Waals surface area contributed by atoms with Crippen LogP contribution in [0, 0.1) is 16.0 Å². The highest BCUT2D eigenvalue weighted by Crippen LogP contribution is 2.29. The topological polar surface area (TPSA) is 58.4 Å². The third-order valence-electron chi connectivity index (χ3n) is 5.13. The van der Waals surface area contributed by atoms with Crippen LogP contribution in [0.5, 0.6) is 0 Å². The first kappa shape index (κ1) is 15.3. The highest BCUT2D eigenvalue weighted by molar-refractivity contribution is 5.51. The Labute approximate surface area is 131 Å². The van der Waals surface area contributed by atoms with Gasteiger partial charge in [0.1, 0.15) is 0 Å². The van der Waals surface area contributed by atoms with Gasteiger partial charge in [0.25, 0.3) is 5.69 Å². The summed E-state index contributed by atoms with van der Waals surface area (Å²) in [5, 5.41) is 14.5. The molecule has 2 aliphatic heterocycles. The lowest BCUT2D eigenvalue weighted by molar-refractivity contribution is -0.384. The van der Waals surface area contributed by atoms with Crippen molar-refractivity contribution in [3.63, 3.8) is 0 Å². The molecule has 0 saturated carbocycles. The number of anilines is 1. The highest BCUT2D eigenvalue weighted by Gasteiger charge is 2.27. The minimum atomic E-state index is -0.340. The normalized spacial score (nSPS) is 24.0. The van der Waals surface area contributed by atoms with Crippen LogP contribution in [0.15, 0.2) is 24.3 Å². The second-order valence-electron chi connectivity index (χ2n) is 6.51. The Balaban J connectivity index is 1.55. The van der Waals surface area contributed by atoms with E-state index in [2.05, 4.69) is 10.2 Å². The number of hydrogen-bond acceptors (Lipinski definition) is 4. The minimum absolute atomic E-state index is 0.168. The number of nitro groups is 1. The quantitative estimate of drug-likeness (QED) is 0.687. The van der Waals surface area contributed by atoms with Gasteiger partial charge in [-0.15, -0.1) is 0 Å². The van der Waals surface area contributed by atoms with Crippen LogP contribution < -0.4 is 10.2 Å². The molecule has 3 rings (SSSR count). The molecule has 5 heteroatoms. The molecule has 0 amide bonds. The Bertz CT molecular complexity index is 487. The van der Waals surface area contributed by atoms with Crippen LogP contribution >= 0.6 is 0 Å². The monoisotopic (exact) mass is 303 g/mol. The molecule has 2 fully saturated rings. The van der Waals surface area contributed by atoms with E-state index in [1.54, 1.807) is 12.1 Å². The number of benzene rings is 1. The number of non-ortho nitro benzene ring substituents is 1. The molecule has 0 radical (unpaired) electrons. The van der Waals surface area contributed by atoms with Crippen molar-refractivity contribution in [1.29, 1.82) is 0 Å². The Morgan fingerprint density at radius 3 is 2.45 bits per heavy atom. The van der Waals surface area contributed by atoms with Crippen molar-refractivity contribution in [2.45, 2.75) is 44.6 Å². The van der Waals surface area contributed by atoms with Gasteiger partial charge in [-0.1, -0.05) is 12.8 Å². The first-order chi connectivity index (χ1) is 10.7. The van der Waals surface area contributed by atoms with E-state index in [0.717, 1.165) is 24.7 Å². The fourth-order valence-electron chi connectivity index (χ4n) is 3.80. The van der Waals surface area contributed by atoms with Gasteiger partial charge in [0, 0.05) is 37.0 Å². The Morgan fingerprint density at radius 1 is 1.05 bits per heavy atom. The number of nitrogens with zero attached hydrogens (tertiary/aromatic N) is 2. The molecular weight excluding hydrogens is 278 g/mol. The molecule has 1 atom stereocenters. The van der Waals surface area contributed by atoms with E-state index in [1.165, 1.54) is 45.1 Å². The zero-order valence-electron chi connectivity index (χ0n) is 13.0. The van der Waals surface area contributed by atoms with E-state index >= 15 is 0 Å². The number of nitro benzene ring substituents is 1. The molecule has 1 aromatic carbocycles. The van der Waals surface area contributed by atoms with Crippen molar-refractivity contribution in [2.24, 2.45) is 5.92 Å². The maximum Gasteiger partial charge on any atom is 0.269 e. The third kappa shape index (κ3) is 3.58. The zero-order valence-corrected chi connectivity index (χ0v) is 13.0. The average Bonchev–Trinajstić information content (AvgIpc) is 2.84. The molecule has 1 aromatic rings. The zero-order chi connectivity index (χ0) is 15.4. The van der Waals surface area contributed by atoms with Crippen molar-refractivity contribution < 1.29 is 4.92 Å². The van der Waals surface area contributed by atoms with E-state index in [4.69, 9.17) is 0 Å². The largest absolute Gasteiger partial charge is 0.372 e. The molecule has 5 nitrogen and oxygen atoms in total. The minimum Gasteiger partial charge on any atom is -0.372 e. The predicted octanol–water partition coefficient (Wildman–Crippen LogP) is 3.34. The van der Waals surface area contributed by atoms with Crippen molar-refractivity contribution in [2.75, 3.05) is 24.5 Å². The standard InChI is InChI=1S/C17H25N3O2/c21-20(22)16-7-5-15(6-8-16)19-12-9-14(10-13-19)17-4-2-1-3-11-18-17/h5-8,14,17-18H,1-4,9-13H2. The van der Waals surface area contributed by atoms with E-state index in [0.29, 0.717) is 6.04 Å². The van der Waals surface area contributed by atoms with Gasteiger partial charge in [0.2, 0.25) is 0 Å². The summed E-state index contributed by atoms with van der Waals surface area (Å²) in [7, 11) is 0. The Kier molecular flexibility index (Phi) is 4.93. The summed E-state index contributed by atoms with van der Waals surface area (Å²) in [6.45, 7) is 3.29. The molecule has 2 aliphatic rings. The van der Waals surface area contributed by atoms with Crippen LogP contribution in [0.1, 0.15) is 38.5 Å². The van der Waals surface area contributed by atoms with Gasteiger partial charge in [-0.3, -0.25) is 10.1 Å². The van der Waals surface area contributed by atoms with Crippen LogP contribution in [-0.2, 0) is 0 Å². The van der Waals surface area contributed by atoms with Crippen LogP contribution in [0.3, 0.4) is 0 Å². The first-order valence-electron chi connectivity index (χ1n) is 8.47. The maximum atomic E-state index is 10.7. The van der Waals surface area contributed by atoms with Crippen LogP contribution in [0.2, 0.25) is 0 Å². The van der Waals surface area contributed by atoms with Gasteiger partial charge in [-0.05, 0) is 50.3 Å². The van der Waals surface area contributed by atoms with Crippen molar-refractivity contribution in [3.05, 3.63) is 34.4 Å². The van der Waals surface area contributed by atoms with E-state index < -0.39 is 0 Å². The summed E-state index contributed by atoms with van der Waals surface area (Å²) in [5.41, 5.74) is 1.28. The second-order valence-corrected chi connectivity index (χ2v) is 6.51. The van der Waals surface area contributed by atoms with Crippen LogP contribution in [-0.4, -0.2) is 30.6 Å². The summed E-state index contributed by atoms with van der Waals surface area (Å²) in [4.78, 5) is 12.7. The average molecular weight is 303 g/mol. The molecule has 1 unspecified atom stereocenters. The molecule has 120 valence electrons. The van der Waals surface area contributed by atoms with E-state index in [1.807, 2.05) is 12.1 Å². The number of rotatable bonds is 3. The summed E-state index contributed by atoms with van der Waals surface area (Å²) in [6, 6.07) is 7.66. The highest BCUT2D eigenvalue weighted by atomic mass is 16.6. The molecule has 0 bridgehead atoms. The first-order valence-corrected chi connectivity index (χ1v) is 8.47. The van der Waals surface area contributed by atoms with Crippen molar-refractivity contribution in [3.8, 4) is 0 Å². The number of hydrogen-bond donors (Lipinski definition) is 1. The molecule has 0 aromatic heterocycles.